The number of ether oxygens (including phenoxy) is 3. The van der Waals surface area contributed by atoms with Crippen LogP contribution in [-0.4, -0.2) is 50.4 Å². The smallest absolute Gasteiger partial charge is 0.302 e. The lowest BCUT2D eigenvalue weighted by Gasteiger charge is -1.98. The molecular formula is C22H44O7. The van der Waals surface area contributed by atoms with Gasteiger partial charge in [0.1, 0.15) is 11.6 Å². The van der Waals surface area contributed by atoms with Gasteiger partial charge < -0.3 is 23.8 Å². The van der Waals surface area contributed by atoms with E-state index in [1.807, 2.05) is 20.8 Å². The van der Waals surface area contributed by atoms with Crippen LogP contribution in [0.1, 0.15) is 87.5 Å². The van der Waals surface area contributed by atoms with Crippen molar-refractivity contribution in [3.63, 3.8) is 0 Å². The lowest BCUT2D eigenvalue weighted by Crippen LogP contribution is -2.02. The first kappa shape index (κ1) is 34.7. The summed E-state index contributed by atoms with van der Waals surface area (Å²) in [7, 11) is 1.62. The standard InChI is InChI=1S/C6H12O3.C6H12O2.C6H12O.C4H8O/c1-6(7)9-5-3-4-8-2;1-3-4-5-8-6(2)7;1-5(2)4-6(3)7;1-3-4(2)5/h3-5H2,1-2H3;3-5H2,1-2H3;5H,4H2,1-3H3;3H2,1-2H3. The number of unbranched alkanes of at least 4 members (excludes halogenated alkanes) is 1. The van der Waals surface area contributed by atoms with Gasteiger partial charge in [-0.25, -0.2) is 0 Å². The fourth-order valence-electron chi connectivity index (χ4n) is 1.35. The van der Waals surface area contributed by atoms with Crippen molar-refractivity contribution >= 4 is 23.5 Å². The fraction of sp³-hybridized carbons (Fsp3) is 0.818. The number of carbonyl (C=O) groups is 4. The third kappa shape index (κ3) is 66.4. The molecule has 0 amide bonds. The number of rotatable bonds is 10. The average molecular weight is 421 g/mol. The predicted octanol–water partition coefficient (Wildman–Crippen LogP) is 4.54. The van der Waals surface area contributed by atoms with Gasteiger partial charge in [-0.3, -0.25) is 9.59 Å². The molecule has 0 aliphatic carbocycles. The molecule has 0 aromatic carbocycles. The van der Waals surface area contributed by atoms with Gasteiger partial charge >= 0.3 is 11.9 Å². The molecule has 174 valence electrons. The van der Waals surface area contributed by atoms with E-state index in [0.717, 1.165) is 25.7 Å². The third-order valence-corrected chi connectivity index (χ3v) is 2.79. The Bertz CT molecular complexity index is 404. The maximum atomic E-state index is 10.3. The molecule has 29 heavy (non-hydrogen) atoms. The molecule has 0 aliphatic rings. The monoisotopic (exact) mass is 420 g/mol. The minimum atomic E-state index is -0.230. The number of Topliss-reactive ketones (excluding diaryl/α,β-unsaturated/α-hetero) is 2. The molecule has 0 aromatic rings. The lowest BCUT2D eigenvalue weighted by molar-refractivity contribution is -0.142. The molecule has 0 bridgehead atoms. The van der Waals surface area contributed by atoms with Gasteiger partial charge in [-0.05, 0) is 26.2 Å². The topological polar surface area (TPSA) is 96.0 Å². The van der Waals surface area contributed by atoms with Crippen LogP contribution in [0.3, 0.4) is 0 Å². The highest BCUT2D eigenvalue weighted by Gasteiger charge is 1.95. The Morgan fingerprint density at radius 3 is 1.34 bits per heavy atom. The summed E-state index contributed by atoms with van der Waals surface area (Å²) in [6.07, 6.45) is 4.21. The molecule has 0 atom stereocenters. The highest BCUT2D eigenvalue weighted by molar-refractivity contribution is 5.75. The summed E-state index contributed by atoms with van der Waals surface area (Å²) >= 11 is 0. The van der Waals surface area contributed by atoms with E-state index >= 15 is 0 Å². The summed E-state index contributed by atoms with van der Waals surface area (Å²) in [5.74, 6) is 0.655. The number of esters is 2. The van der Waals surface area contributed by atoms with Gasteiger partial charge in [0.15, 0.2) is 0 Å². The first-order valence-corrected chi connectivity index (χ1v) is 10.2. The summed E-state index contributed by atoms with van der Waals surface area (Å²) in [6, 6.07) is 0. The van der Waals surface area contributed by atoms with Crippen molar-refractivity contribution in [2.24, 2.45) is 5.92 Å². The van der Waals surface area contributed by atoms with Gasteiger partial charge in [0.05, 0.1) is 13.2 Å². The van der Waals surface area contributed by atoms with E-state index in [1.54, 1.807) is 21.0 Å². The molecule has 0 saturated carbocycles. The van der Waals surface area contributed by atoms with Crippen molar-refractivity contribution in [1.29, 1.82) is 0 Å². The van der Waals surface area contributed by atoms with Crippen LogP contribution < -0.4 is 0 Å². The average Bonchev–Trinajstić information content (AvgIpc) is 2.59. The number of carbonyl (C=O) groups excluding carboxylic acids is 4. The molecule has 0 rings (SSSR count). The molecule has 7 heteroatoms. The minimum absolute atomic E-state index is 0.182. The van der Waals surface area contributed by atoms with Crippen molar-refractivity contribution in [3.05, 3.63) is 0 Å². The van der Waals surface area contributed by atoms with Gasteiger partial charge in [-0.15, -0.1) is 0 Å². The second-order valence-electron chi connectivity index (χ2n) is 6.74. The third-order valence-electron chi connectivity index (χ3n) is 2.79. The molecule has 0 aromatic heterocycles. The Labute approximate surface area is 177 Å². The van der Waals surface area contributed by atoms with E-state index in [0.29, 0.717) is 32.2 Å². The van der Waals surface area contributed by atoms with E-state index < -0.39 is 0 Å². The summed E-state index contributed by atoms with van der Waals surface area (Å²) in [5.41, 5.74) is 0. The van der Waals surface area contributed by atoms with Crippen molar-refractivity contribution < 1.29 is 33.4 Å². The zero-order valence-electron chi connectivity index (χ0n) is 20.1. The van der Waals surface area contributed by atoms with Gasteiger partial charge in [-0.1, -0.05) is 34.1 Å². The van der Waals surface area contributed by atoms with Crippen LogP contribution in [0.25, 0.3) is 0 Å². The van der Waals surface area contributed by atoms with Crippen LogP contribution in [0, 0.1) is 5.92 Å². The maximum absolute atomic E-state index is 10.3. The molecule has 0 spiro atoms. The van der Waals surface area contributed by atoms with Crippen molar-refractivity contribution in [3.8, 4) is 0 Å². The van der Waals surface area contributed by atoms with Crippen molar-refractivity contribution in [1.82, 2.24) is 0 Å². The predicted molar refractivity (Wildman–Crippen MR) is 116 cm³/mol. The molecule has 0 radical (unpaired) electrons. The van der Waals surface area contributed by atoms with Crippen LogP contribution in [0.5, 0.6) is 0 Å². The SMILES string of the molecule is CC(=O)CC(C)C.CCC(C)=O.CCCCOC(C)=O.COCCCOC(C)=O. The van der Waals surface area contributed by atoms with Gasteiger partial charge in [0.2, 0.25) is 0 Å². The molecule has 0 unspecified atom stereocenters. The number of ketones is 2. The molecule has 7 nitrogen and oxygen atoms in total. The molecule has 0 aliphatic heterocycles. The largest absolute Gasteiger partial charge is 0.466 e. The van der Waals surface area contributed by atoms with E-state index in [1.165, 1.54) is 13.8 Å². The zero-order chi connectivity index (χ0) is 23.7. The van der Waals surface area contributed by atoms with Crippen LogP contribution >= 0.6 is 0 Å². The molecule has 0 N–H and O–H groups in total. The Balaban J connectivity index is -0.000000147. The number of hydrogen-bond donors (Lipinski definition) is 0. The van der Waals surface area contributed by atoms with Gasteiger partial charge in [0, 0.05) is 46.8 Å². The Kier molecular flexibility index (Phi) is 34.1. The van der Waals surface area contributed by atoms with Crippen LogP contribution in [0.4, 0.5) is 0 Å². The number of hydrogen-bond acceptors (Lipinski definition) is 7. The quantitative estimate of drug-likeness (QED) is 0.378. The fourth-order valence-corrected chi connectivity index (χ4v) is 1.35. The Morgan fingerprint density at radius 1 is 0.724 bits per heavy atom. The van der Waals surface area contributed by atoms with Gasteiger partial charge in [-0.2, -0.15) is 0 Å². The van der Waals surface area contributed by atoms with Crippen LogP contribution in [0.15, 0.2) is 0 Å². The molecule has 0 fully saturated rings. The first-order chi connectivity index (χ1) is 13.4. The lowest BCUT2D eigenvalue weighted by atomic mass is 10.1. The number of methoxy groups -OCH3 is 1. The van der Waals surface area contributed by atoms with Crippen LogP contribution in [0.2, 0.25) is 0 Å². The first-order valence-electron chi connectivity index (χ1n) is 10.2. The Hall–Kier alpha value is -1.76. The molecule has 0 heterocycles. The second-order valence-corrected chi connectivity index (χ2v) is 6.74. The van der Waals surface area contributed by atoms with Crippen molar-refractivity contribution in [2.45, 2.75) is 87.5 Å². The zero-order valence-corrected chi connectivity index (χ0v) is 20.1. The van der Waals surface area contributed by atoms with E-state index in [2.05, 4.69) is 16.4 Å². The van der Waals surface area contributed by atoms with Crippen LogP contribution in [-0.2, 0) is 33.4 Å². The van der Waals surface area contributed by atoms with Gasteiger partial charge in [0.25, 0.3) is 0 Å². The second kappa shape index (κ2) is 28.4. The normalized spacial score (nSPS) is 8.90. The minimum Gasteiger partial charge on any atom is -0.466 e. The highest BCUT2D eigenvalue weighted by Crippen LogP contribution is 1.97. The highest BCUT2D eigenvalue weighted by atomic mass is 16.5. The maximum Gasteiger partial charge on any atom is 0.302 e. The summed E-state index contributed by atoms with van der Waals surface area (Å²) in [6.45, 7) is 15.7. The van der Waals surface area contributed by atoms with E-state index in [-0.39, 0.29) is 23.5 Å². The van der Waals surface area contributed by atoms with E-state index in [4.69, 9.17) is 4.74 Å². The summed E-state index contributed by atoms with van der Waals surface area (Å²) < 4.78 is 14.0. The molecular weight excluding hydrogens is 376 g/mol. The Morgan fingerprint density at radius 2 is 1.14 bits per heavy atom. The van der Waals surface area contributed by atoms with E-state index in [9.17, 15) is 19.2 Å². The summed E-state index contributed by atoms with van der Waals surface area (Å²) in [5, 5.41) is 0. The van der Waals surface area contributed by atoms with Crippen molar-refractivity contribution in [2.75, 3.05) is 26.9 Å². The summed E-state index contributed by atoms with van der Waals surface area (Å²) in [4.78, 5) is 40.3. The molecule has 0 saturated heterocycles.